The van der Waals surface area contributed by atoms with Gasteiger partial charge in [-0.2, -0.15) is 10.4 Å². The van der Waals surface area contributed by atoms with Crippen molar-refractivity contribution in [2.45, 2.75) is 20.4 Å². The van der Waals surface area contributed by atoms with E-state index in [-0.39, 0.29) is 5.91 Å². The van der Waals surface area contributed by atoms with E-state index in [2.05, 4.69) is 11.2 Å². The van der Waals surface area contributed by atoms with Gasteiger partial charge < -0.3 is 4.90 Å². The number of nitrogens with zero attached hydrogens (tertiary/aromatic N) is 4. The lowest BCUT2D eigenvalue weighted by Crippen LogP contribution is -2.29. The molecule has 5 nitrogen and oxygen atoms in total. The summed E-state index contributed by atoms with van der Waals surface area (Å²) >= 11 is 0. The predicted octanol–water partition coefficient (Wildman–Crippen LogP) is 2.36. The van der Waals surface area contributed by atoms with Crippen LogP contribution in [0.2, 0.25) is 0 Å². The molecule has 5 heteroatoms. The van der Waals surface area contributed by atoms with E-state index in [1.54, 1.807) is 36.0 Å². The Morgan fingerprint density at radius 1 is 1.45 bits per heavy atom. The first-order valence-electron chi connectivity index (χ1n) is 6.40. The zero-order valence-electron chi connectivity index (χ0n) is 11.8. The standard InChI is InChI=1S/C15H16N4O/c1-4-19-14(9-11(2)17-19)15(20)18(3)13-8-6-5-7-12(13)10-16/h5-9H,4H2,1-3H3. The van der Waals surface area contributed by atoms with E-state index in [9.17, 15) is 4.79 Å². The second-order valence-electron chi connectivity index (χ2n) is 4.48. The summed E-state index contributed by atoms with van der Waals surface area (Å²) in [6.45, 7) is 4.42. The van der Waals surface area contributed by atoms with Crippen molar-refractivity contribution in [3.05, 3.63) is 47.3 Å². The zero-order valence-corrected chi connectivity index (χ0v) is 11.8. The third-order valence-electron chi connectivity index (χ3n) is 3.11. The Kier molecular flexibility index (Phi) is 3.85. The lowest BCUT2D eigenvalue weighted by Gasteiger charge is -2.18. The lowest BCUT2D eigenvalue weighted by atomic mass is 10.1. The van der Waals surface area contributed by atoms with Gasteiger partial charge in [0.15, 0.2) is 0 Å². The molecular weight excluding hydrogens is 252 g/mol. The molecule has 0 spiro atoms. The normalized spacial score (nSPS) is 10.1. The molecule has 0 N–H and O–H groups in total. The van der Waals surface area contributed by atoms with Gasteiger partial charge in [-0.3, -0.25) is 9.48 Å². The molecule has 1 aromatic carbocycles. The summed E-state index contributed by atoms with van der Waals surface area (Å²) in [6.07, 6.45) is 0. The van der Waals surface area contributed by atoms with Crippen molar-refractivity contribution in [2.24, 2.45) is 0 Å². The monoisotopic (exact) mass is 268 g/mol. The van der Waals surface area contributed by atoms with Crippen LogP contribution in [0.4, 0.5) is 5.69 Å². The van der Waals surface area contributed by atoms with E-state index in [1.807, 2.05) is 19.9 Å². The minimum atomic E-state index is -0.171. The maximum absolute atomic E-state index is 12.6. The number of carbonyl (C=O) groups excluding carboxylic acids is 1. The number of nitriles is 1. The van der Waals surface area contributed by atoms with Gasteiger partial charge in [0.25, 0.3) is 5.91 Å². The van der Waals surface area contributed by atoms with Crippen LogP contribution in [-0.4, -0.2) is 22.7 Å². The molecule has 1 heterocycles. The number of benzene rings is 1. The Hall–Kier alpha value is -2.61. The van der Waals surface area contributed by atoms with Gasteiger partial charge in [-0.25, -0.2) is 0 Å². The highest BCUT2D eigenvalue weighted by atomic mass is 16.2. The van der Waals surface area contributed by atoms with Crippen LogP contribution in [0.3, 0.4) is 0 Å². The van der Waals surface area contributed by atoms with Crippen molar-refractivity contribution in [3.8, 4) is 6.07 Å². The summed E-state index contributed by atoms with van der Waals surface area (Å²) in [7, 11) is 1.67. The maximum atomic E-state index is 12.6. The molecule has 1 aromatic heterocycles. The molecule has 0 saturated carbocycles. The SMILES string of the molecule is CCn1nc(C)cc1C(=O)N(C)c1ccccc1C#N. The van der Waals surface area contributed by atoms with E-state index < -0.39 is 0 Å². The Balaban J connectivity index is 2.40. The Morgan fingerprint density at radius 2 is 2.15 bits per heavy atom. The first kappa shape index (κ1) is 13.8. The fourth-order valence-electron chi connectivity index (χ4n) is 2.10. The molecule has 102 valence electrons. The summed E-state index contributed by atoms with van der Waals surface area (Å²) in [4.78, 5) is 14.0. The number of aromatic nitrogens is 2. The number of hydrogen-bond donors (Lipinski definition) is 0. The summed E-state index contributed by atoms with van der Waals surface area (Å²) in [6, 6.07) is 10.9. The van der Waals surface area contributed by atoms with Crippen LogP contribution in [0.25, 0.3) is 0 Å². The molecule has 0 aliphatic rings. The van der Waals surface area contributed by atoms with Gasteiger partial charge in [-0.1, -0.05) is 12.1 Å². The van der Waals surface area contributed by atoms with E-state index >= 15 is 0 Å². The van der Waals surface area contributed by atoms with Gasteiger partial charge in [-0.15, -0.1) is 0 Å². The highest BCUT2D eigenvalue weighted by molar-refractivity contribution is 6.05. The van der Waals surface area contributed by atoms with Gasteiger partial charge >= 0.3 is 0 Å². The predicted molar refractivity (Wildman–Crippen MR) is 76.5 cm³/mol. The molecule has 0 atom stereocenters. The summed E-state index contributed by atoms with van der Waals surface area (Å²) in [5, 5.41) is 13.4. The fourth-order valence-corrected chi connectivity index (χ4v) is 2.10. The lowest BCUT2D eigenvalue weighted by molar-refractivity contribution is 0.0982. The first-order valence-corrected chi connectivity index (χ1v) is 6.40. The molecule has 0 radical (unpaired) electrons. The molecule has 0 unspecified atom stereocenters. The van der Waals surface area contributed by atoms with Gasteiger partial charge in [-0.05, 0) is 32.0 Å². The number of anilines is 1. The molecule has 2 aromatic rings. The fraction of sp³-hybridized carbons (Fsp3) is 0.267. The second kappa shape index (κ2) is 5.57. The van der Waals surface area contributed by atoms with E-state index in [4.69, 9.17) is 5.26 Å². The number of amides is 1. The topological polar surface area (TPSA) is 61.9 Å². The van der Waals surface area contributed by atoms with Crippen LogP contribution in [0.1, 0.15) is 28.7 Å². The Bertz CT molecular complexity index is 681. The highest BCUT2D eigenvalue weighted by Crippen LogP contribution is 2.20. The van der Waals surface area contributed by atoms with Crippen LogP contribution in [0.5, 0.6) is 0 Å². The summed E-state index contributed by atoms with van der Waals surface area (Å²) in [5.41, 5.74) is 2.40. The largest absolute Gasteiger partial charge is 0.309 e. The molecule has 0 aliphatic carbocycles. The van der Waals surface area contributed by atoms with Gasteiger partial charge in [0.05, 0.1) is 16.9 Å². The minimum Gasteiger partial charge on any atom is -0.309 e. The highest BCUT2D eigenvalue weighted by Gasteiger charge is 2.20. The van der Waals surface area contributed by atoms with Crippen LogP contribution in [-0.2, 0) is 6.54 Å². The van der Waals surface area contributed by atoms with E-state index in [0.717, 1.165) is 5.69 Å². The third kappa shape index (κ3) is 2.41. The van der Waals surface area contributed by atoms with Gasteiger partial charge in [0.2, 0.25) is 0 Å². The molecule has 20 heavy (non-hydrogen) atoms. The molecule has 1 amide bonds. The minimum absolute atomic E-state index is 0.171. The Morgan fingerprint density at radius 3 is 2.80 bits per heavy atom. The third-order valence-corrected chi connectivity index (χ3v) is 3.11. The second-order valence-corrected chi connectivity index (χ2v) is 4.48. The summed E-state index contributed by atoms with van der Waals surface area (Å²) in [5.74, 6) is -0.171. The first-order chi connectivity index (χ1) is 9.58. The van der Waals surface area contributed by atoms with Crippen LogP contribution < -0.4 is 4.90 Å². The van der Waals surface area contributed by atoms with Gasteiger partial charge in [0, 0.05) is 13.6 Å². The van der Waals surface area contributed by atoms with Crippen LogP contribution in [0, 0.1) is 18.3 Å². The van der Waals surface area contributed by atoms with E-state index in [1.165, 1.54) is 4.90 Å². The van der Waals surface area contributed by atoms with Crippen molar-refractivity contribution in [2.75, 3.05) is 11.9 Å². The average molecular weight is 268 g/mol. The van der Waals surface area contributed by atoms with Crippen molar-refractivity contribution >= 4 is 11.6 Å². The molecule has 0 aliphatic heterocycles. The average Bonchev–Trinajstić information content (AvgIpc) is 2.86. The number of aryl methyl sites for hydroxylation is 2. The molecular formula is C15H16N4O. The van der Waals surface area contributed by atoms with Crippen molar-refractivity contribution in [1.82, 2.24) is 9.78 Å². The molecule has 0 bridgehead atoms. The van der Waals surface area contributed by atoms with Crippen molar-refractivity contribution in [3.63, 3.8) is 0 Å². The maximum Gasteiger partial charge on any atom is 0.276 e. The van der Waals surface area contributed by atoms with Crippen molar-refractivity contribution in [1.29, 1.82) is 5.26 Å². The number of hydrogen-bond acceptors (Lipinski definition) is 3. The van der Waals surface area contributed by atoms with Crippen molar-refractivity contribution < 1.29 is 4.79 Å². The molecule has 0 fully saturated rings. The number of carbonyl (C=O) groups is 1. The number of rotatable bonds is 3. The molecule has 2 rings (SSSR count). The van der Waals surface area contributed by atoms with Crippen LogP contribution in [0.15, 0.2) is 30.3 Å². The van der Waals surface area contributed by atoms with E-state index in [0.29, 0.717) is 23.5 Å². The molecule has 0 saturated heterocycles. The van der Waals surface area contributed by atoms with Crippen LogP contribution >= 0.6 is 0 Å². The summed E-state index contributed by atoms with van der Waals surface area (Å²) < 4.78 is 1.67. The number of para-hydroxylation sites is 1. The smallest absolute Gasteiger partial charge is 0.276 e. The van der Waals surface area contributed by atoms with Gasteiger partial charge in [0.1, 0.15) is 11.8 Å². The Labute approximate surface area is 118 Å². The quantitative estimate of drug-likeness (QED) is 0.858. The zero-order chi connectivity index (χ0) is 14.7.